The molecule has 0 N–H and O–H groups in total. The second kappa shape index (κ2) is 7.07. The number of hydrogen-bond donors (Lipinski definition) is 0. The molecule has 5 heteroatoms. The van der Waals surface area contributed by atoms with Crippen LogP contribution in [-0.4, -0.2) is 40.5 Å². The number of halogens is 1. The van der Waals surface area contributed by atoms with Crippen LogP contribution in [0.25, 0.3) is 0 Å². The molecule has 1 aromatic carbocycles. The smallest absolute Gasteiger partial charge is 0.149 e. The average molecular weight is 317 g/mol. The Bertz CT molecular complexity index is 605. The lowest BCUT2D eigenvalue weighted by atomic mass is 10.2. The van der Waals surface area contributed by atoms with E-state index in [-0.39, 0.29) is 0 Å². The third-order valence-electron chi connectivity index (χ3n) is 4.06. The predicted octanol–water partition coefficient (Wildman–Crippen LogP) is 3.23. The van der Waals surface area contributed by atoms with Crippen LogP contribution in [0.4, 0.5) is 5.82 Å². The summed E-state index contributed by atoms with van der Waals surface area (Å²) in [5.41, 5.74) is 1.37. The minimum absolute atomic E-state index is 0.388. The Kier molecular flexibility index (Phi) is 4.90. The first-order valence-corrected chi connectivity index (χ1v) is 8.10. The number of nitrogens with zero attached hydrogens (tertiary/aromatic N) is 4. The first-order chi connectivity index (χ1) is 10.7. The fraction of sp³-hybridized carbons (Fsp3) is 0.412. The van der Waals surface area contributed by atoms with Gasteiger partial charge >= 0.3 is 0 Å². The molecule has 1 saturated heterocycles. The van der Waals surface area contributed by atoms with Crippen LogP contribution in [0.3, 0.4) is 0 Å². The largest absolute Gasteiger partial charge is 0.351 e. The van der Waals surface area contributed by atoms with Crippen LogP contribution in [0.1, 0.15) is 18.9 Å². The quantitative estimate of drug-likeness (QED) is 0.870. The van der Waals surface area contributed by atoms with E-state index in [1.165, 1.54) is 5.56 Å². The van der Waals surface area contributed by atoms with E-state index >= 15 is 0 Å². The molecule has 1 unspecified atom stereocenters. The number of rotatable bonds is 3. The van der Waals surface area contributed by atoms with Crippen molar-refractivity contribution in [2.75, 3.05) is 24.5 Å². The van der Waals surface area contributed by atoms with Crippen molar-refractivity contribution in [3.05, 3.63) is 53.4 Å². The number of aromatic nitrogens is 2. The van der Waals surface area contributed by atoms with Crippen molar-refractivity contribution in [1.82, 2.24) is 14.9 Å². The molecule has 0 spiro atoms. The second-order valence-electron chi connectivity index (χ2n) is 5.82. The minimum Gasteiger partial charge on any atom is -0.351 e. The Morgan fingerprint density at radius 2 is 2.00 bits per heavy atom. The molecule has 116 valence electrons. The number of hydrogen-bond acceptors (Lipinski definition) is 4. The Labute approximate surface area is 136 Å². The van der Waals surface area contributed by atoms with Crippen molar-refractivity contribution in [3.8, 4) is 0 Å². The van der Waals surface area contributed by atoms with Crippen molar-refractivity contribution in [2.45, 2.75) is 25.9 Å². The molecule has 1 fully saturated rings. The number of benzene rings is 1. The maximum atomic E-state index is 5.98. The van der Waals surface area contributed by atoms with Crippen LogP contribution in [0, 0.1) is 0 Å². The van der Waals surface area contributed by atoms with Crippen molar-refractivity contribution >= 4 is 17.4 Å². The Morgan fingerprint density at radius 1 is 1.18 bits per heavy atom. The Balaban J connectivity index is 1.69. The fourth-order valence-corrected chi connectivity index (χ4v) is 3.19. The van der Waals surface area contributed by atoms with Gasteiger partial charge < -0.3 is 4.90 Å². The summed E-state index contributed by atoms with van der Waals surface area (Å²) in [4.78, 5) is 13.4. The zero-order chi connectivity index (χ0) is 15.4. The van der Waals surface area contributed by atoms with Crippen LogP contribution in [0.5, 0.6) is 0 Å². The second-order valence-corrected chi connectivity index (χ2v) is 6.20. The molecule has 1 atom stereocenters. The van der Waals surface area contributed by atoms with Crippen LogP contribution in [0.2, 0.25) is 5.15 Å². The highest BCUT2D eigenvalue weighted by Gasteiger charge is 2.23. The molecular weight excluding hydrogens is 296 g/mol. The molecule has 3 rings (SSSR count). The summed E-state index contributed by atoms with van der Waals surface area (Å²) in [6.07, 6.45) is 4.50. The lowest BCUT2D eigenvalue weighted by Crippen LogP contribution is -2.39. The minimum atomic E-state index is 0.388. The first-order valence-electron chi connectivity index (χ1n) is 7.73. The van der Waals surface area contributed by atoms with E-state index in [0.717, 1.165) is 38.4 Å². The molecule has 2 aromatic rings. The monoisotopic (exact) mass is 316 g/mol. The lowest BCUT2D eigenvalue weighted by molar-refractivity contribution is 0.268. The molecule has 0 amide bonds. The van der Waals surface area contributed by atoms with E-state index in [9.17, 15) is 0 Å². The van der Waals surface area contributed by atoms with Gasteiger partial charge in [-0.15, -0.1) is 0 Å². The normalized spacial score (nSPS) is 19.9. The van der Waals surface area contributed by atoms with Crippen LogP contribution < -0.4 is 4.90 Å². The van der Waals surface area contributed by atoms with Crippen molar-refractivity contribution in [3.63, 3.8) is 0 Å². The van der Waals surface area contributed by atoms with E-state index < -0.39 is 0 Å². The summed E-state index contributed by atoms with van der Waals surface area (Å²) in [6.45, 7) is 6.35. The van der Waals surface area contributed by atoms with Gasteiger partial charge in [0.25, 0.3) is 0 Å². The van der Waals surface area contributed by atoms with Gasteiger partial charge in [0.2, 0.25) is 0 Å². The van der Waals surface area contributed by atoms with Gasteiger partial charge in [0.05, 0.1) is 12.4 Å². The van der Waals surface area contributed by atoms with E-state index in [4.69, 9.17) is 11.6 Å². The van der Waals surface area contributed by atoms with Gasteiger partial charge in [-0.2, -0.15) is 0 Å². The molecule has 1 aromatic heterocycles. The highest BCUT2D eigenvalue weighted by Crippen LogP contribution is 2.20. The summed E-state index contributed by atoms with van der Waals surface area (Å²) < 4.78 is 0. The van der Waals surface area contributed by atoms with Gasteiger partial charge in [0, 0.05) is 32.2 Å². The maximum Gasteiger partial charge on any atom is 0.149 e. The van der Waals surface area contributed by atoms with Gasteiger partial charge in [-0.3, -0.25) is 9.88 Å². The predicted molar refractivity (Wildman–Crippen MR) is 90.2 cm³/mol. The molecule has 0 radical (unpaired) electrons. The maximum absolute atomic E-state index is 5.98. The zero-order valence-electron chi connectivity index (χ0n) is 12.8. The Morgan fingerprint density at radius 3 is 2.77 bits per heavy atom. The van der Waals surface area contributed by atoms with Gasteiger partial charge in [-0.05, 0) is 18.9 Å². The Hall–Kier alpha value is -1.65. The van der Waals surface area contributed by atoms with Crippen molar-refractivity contribution in [2.24, 2.45) is 0 Å². The summed E-state index contributed by atoms with van der Waals surface area (Å²) >= 11 is 5.98. The fourth-order valence-electron chi connectivity index (χ4n) is 3.05. The van der Waals surface area contributed by atoms with E-state index in [0.29, 0.717) is 11.2 Å². The standard InChI is InChI=1S/C17H21ClN4/c1-14-12-21(13-15-6-3-2-4-7-15)8-5-9-22(14)17-11-19-10-16(18)20-17/h2-4,6-7,10-11,14H,5,8-9,12-13H2,1H3. The third-order valence-corrected chi connectivity index (χ3v) is 4.25. The molecule has 22 heavy (non-hydrogen) atoms. The van der Waals surface area contributed by atoms with Crippen molar-refractivity contribution < 1.29 is 0 Å². The van der Waals surface area contributed by atoms with Crippen LogP contribution in [-0.2, 0) is 6.54 Å². The molecule has 0 aliphatic carbocycles. The topological polar surface area (TPSA) is 32.3 Å². The van der Waals surface area contributed by atoms with Gasteiger partial charge in [-0.1, -0.05) is 41.9 Å². The molecule has 1 aliphatic rings. The number of anilines is 1. The molecule has 0 bridgehead atoms. The van der Waals surface area contributed by atoms with Crippen LogP contribution in [0.15, 0.2) is 42.7 Å². The van der Waals surface area contributed by atoms with Crippen LogP contribution >= 0.6 is 11.6 Å². The van der Waals surface area contributed by atoms with Gasteiger partial charge in [-0.25, -0.2) is 4.98 Å². The van der Waals surface area contributed by atoms with Crippen molar-refractivity contribution in [1.29, 1.82) is 0 Å². The third kappa shape index (κ3) is 3.76. The SMILES string of the molecule is CC1CN(Cc2ccccc2)CCCN1c1cncc(Cl)n1. The molecule has 2 heterocycles. The van der Waals surface area contributed by atoms with Gasteiger partial charge in [0.15, 0.2) is 0 Å². The molecule has 1 aliphatic heterocycles. The summed E-state index contributed by atoms with van der Waals surface area (Å²) in [5.74, 6) is 0.876. The van der Waals surface area contributed by atoms with E-state index in [2.05, 4.69) is 57.0 Å². The van der Waals surface area contributed by atoms with E-state index in [1.807, 2.05) is 0 Å². The highest BCUT2D eigenvalue weighted by molar-refractivity contribution is 6.29. The molecule has 0 saturated carbocycles. The van der Waals surface area contributed by atoms with E-state index in [1.54, 1.807) is 12.4 Å². The average Bonchev–Trinajstić information content (AvgIpc) is 2.69. The highest BCUT2D eigenvalue weighted by atomic mass is 35.5. The zero-order valence-corrected chi connectivity index (χ0v) is 13.6. The summed E-state index contributed by atoms with van der Waals surface area (Å²) in [6, 6.07) is 11.0. The summed E-state index contributed by atoms with van der Waals surface area (Å²) in [7, 11) is 0. The lowest BCUT2D eigenvalue weighted by Gasteiger charge is -2.29. The summed E-state index contributed by atoms with van der Waals surface area (Å²) in [5, 5.41) is 0.454. The van der Waals surface area contributed by atoms with Gasteiger partial charge in [0.1, 0.15) is 11.0 Å². The molecule has 4 nitrogen and oxygen atoms in total. The molecular formula is C17H21ClN4. The first kappa shape index (κ1) is 15.3.